The molecule has 4 nitrogen and oxygen atoms in total. The summed E-state index contributed by atoms with van der Waals surface area (Å²) in [4.78, 5) is 0. The minimum Gasteiger partial charge on any atom is -0.326 e. The minimum absolute atomic E-state index is 0.00345. The zero-order valence-corrected chi connectivity index (χ0v) is 12.3. The summed E-state index contributed by atoms with van der Waals surface area (Å²) in [6.45, 7) is 4.27. The molecule has 3 N–H and O–H groups in total. The van der Waals surface area contributed by atoms with E-state index in [1.807, 2.05) is 38.1 Å². The summed E-state index contributed by atoms with van der Waals surface area (Å²) in [6.07, 6.45) is 2.21. The molecule has 5 heteroatoms. The monoisotopic (exact) mass is 282 g/mol. The Morgan fingerprint density at radius 1 is 1.26 bits per heavy atom. The number of benzene rings is 1. The molecule has 0 radical (unpaired) electrons. The molecule has 106 valence electrons. The Balaban J connectivity index is 2.12. The number of hydrogen-bond donors (Lipinski definition) is 2. The summed E-state index contributed by atoms with van der Waals surface area (Å²) in [5, 5.41) is 0. The van der Waals surface area contributed by atoms with Crippen molar-refractivity contribution in [3.63, 3.8) is 0 Å². The van der Waals surface area contributed by atoms with Crippen molar-refractivity contribution in [3.8, 4) is 0 Å². The van der Waals surface area contributed by atoms with Crippen LogP contribution in [-0.4, -0.2) is 14.0 Å². The average Bonchev–Trinajstić information content (AvgIpc) is 3.11. The first kappa shape index (κ1) is 14.5. The molecule has 19 heavy (non-hydrogen) atoms. The largest absolute Gasteiger partial charge is 0.326 e. The van der Waals surface area contributed by atoms with Gasteiger partial charge in [0.1, 0.15) is 0 Å². The van der Waals surface area contributed by atoms with Crippen molar-refractivity contribution in [3.05, 3.63) is 35.4 Å². The molecule has 0 heterocycles. The van der Waals surface area contributed by atoms with Gasteiger partial charge in [-0.1, -0.05) is 24.3 Å². The van der Waals surface area contributed by atoms with Crippen LogP contribution in [0.4, 0.5) is 0 Å². The van der Waals surface area contributed by atoms with E-state index in [1.165, 1.54) is 0 Å². The van der Waals surface area contributed by atoms with Crippen LogP contribution in [0, 0.1) is 5.92 Å². The first-order chi connectivity index (χ1) is 8.84. The van der Waals surface area contributed by atoms with E-state index >= 15 is 0 Å². The lowest BCUT2D eigenvalue weighted by Gasteiger charge is -2.26. The van der Waals surface area contributed by atoms with Crippen molar-refractivity contribution in [2.45, 2.75) is 44.5 Å². The highest BCUT2D eigenvalue weighted by atomic mass is 32.2. The maximum Gasteiger partial charge on any atom is 0.216 e. The molecule has 0 spiro atoms. The molecule has 0 unspecified atom stereocenters. The molecule has 0 aromatic heterocycles. The Labute approximate surface area is 115 Å². The minimum atomic E-state index is -3.34. The van der Waals surface area contributed by atoms with Gasteiger partial charge in [-0.05, 0) is 43.7 Å². The predicted octanol–water partition coefficient (Wildman–Crippen LogP) is 1.75. The molecule has 0 bridgehead atoms. The number of nitrogens with two attached hydrogens (primary N) is 1. The summed E-state index contributed by atoms with van der Waals surface area (Å²) in [7, 11) is -3.34. The summed E-state index contributed by atoms with van der Waals surface area (Å²) in [6, 6.07) is 7.42. The van der Waals surface area contributed by atoms with Gasteiger partial charge in [0.05, 0.1) is 5.75 Å². The first-order valence-corrected chi connectivity index (χ1v) is 8.28. The van der Waals surface area contributed by atoms with Crippen molar-refractivity contribution < 1.29 is 8.42 Å². The van der Waals surface area contributed by atoms with Crippen LogP contribution in [0.2, 0.25) is 0 Å². The van der Waals surface area contributed by atoms with Gasteiger partial charge in [0.15, 0.2) is 0 Å². The molecule has 1 fully saturated rings. The maximum absolute atomic E-state index is 12.3. The van der Waals surface area contributed by atoms with Gasteiger partial charge in [-0.3, -0.25) is 0 Å². The number of rotatable bonds is 6. The number of nitrogens with one attached hydrogen (secondary N) is 1. The smallest absolute Gasteiger partial charge is 0.216 e. The highest BCUT2D eigenvalue weighted by Crippen LogP contribution is 2.39. The van der Waals surface area contributed by atoms with Crippen LogP contribution in [0.25, 0.3) is 0 Å². The molecular formula is C14H22N2O2S. The topological polar surface area (TPSA) is 72.2 Å². The molecule has 2 rings (SSSR count). The Kier molecular flexibility index (Phi) is 3.99. The fourth-order valence-corrected chi connectivity index (χ4v) is 4.16. The predicted molar refractivity (Wildman–Crippen MR) is 76.9 cm³/mol. The van der Waals surface area contributed by atoms with Gasteiger partial charge >= 0.3 is 0 Å². The summed E-state index contributed by atoms with van der Waals surface area (Å²) in [5.74, 6) is 0.461. The third-order valence-electron chi connectivity index (χ3n) is 3.70. The quantitative estimate of drug-likeness (QED) is 0.835. The van der Waals surface area contributed by atoms with E-state index in [-0.39, 0.29) is 11.3 Å². The molecule has 1 aromatic carbocycles. The van der Waals surface area contributed by atoms with Gasteiger partial charge in [0.25, 0.3) is 0 Å². The normalized spacial score (nSPS) is 16.6. The second-order valence-corrected chi connectivity index (χ2v) is 7.55. The molecular weight excluding hydrogens is 260 g/mol. The van der Waals surface area contributed by atoms with Crippen molar-refractivity contribution in [2.24, 2.45) is 11.7 Å². The molecule has 1 aliphatic rings. The molecule has 1 aromatic rings. The van der Waals surface area contributed by atoms with Crippen LogP contribution in [-0.2, 0) is 22.3 Å². The fourth-order valence-electron chi connectivity index (χ4n) is 2.43. The lowest BCUT2D eigenvalue weighted by atomic mass is 10.0. The molecule has 1 saturated carbocycles. The second-order valence-electron chi connectivity index (χ2n) is 5.83. The summed E-state index contributed by atoms with van der Waals surface area (Å²) < 4.78 is 27.4. The first-order valence-electron chi connectivity index (χ1n) is 6.62. The lowest BCUT2D eigenvalue weighted by molar-refractivity contribution is 0.400. The van der Waals surface area contributed by atoms with Crippen LogP contribution < -0.4 is 10.5 Å². The Bertz CT molecular complexity index is 548. The van der Waals surface area contributed by atoms with Gasteiger partial charge in [-0.2, -0.15) is 0 Å². The Morgan fingerprint density at radius 2 is 1.84 bits per heavy atom. The standard InChI is InChI=1S/C14H22N2O2S/c1-14(2,13-7-8-13)16-19(17,18)10-12-6-4-3-5-11(12)9-15/h3-6,13,16H,7-10,15H2,1-2H3. The maximum atomic E-state index is 12.3. The molecule has 0 saturated heterocycles. The highest BCUT2D eigenvalue weighted by molar-refractivity contribution is 7.88. The third kappa shape index (κ3) is 3.78. The summed E-state index contributed by atoms with van der Waals surface area (Å²) >= 11 is 0. The number of sulfonamides is 1. The van der Waals surface area contributed by atoms with E-state index in [2.05, 4.69) is 4.72 Å². The van der Waals surface area contributed by atoms with E-state index in [1.54, 1.807) is 0 Å². The van der Waals surface area contributed by atoms with Crippen LogP contribution in [0.3, 0.4) is 0 Å². The zero-order valence-electron chi connectivity index (χ0n) is 11.5. The van der Waals surface area contributed by atoms with E-state index in [4.69, 9.17) is 5.73 Å². The average molecular weight is 282 g/mol. The molecule has 1 aliphatic carbocycles. The van der Waals surface area contributed by atoms with Crippen LogP contribution in [0.5, 0.6) is 0 Å². The van der Waals surface area contributed by atoms with E-state index in [0.717, 1.165) is 24.0 Å². The van der Waals surface area contributed by atoms with Crippen molar-refractivity contribution in [2.75, 3.05) is 0 Å². The summed E-state index contributed by atoms with van der Waals surface area (Å²) in [5.41, 5.74) is 6.96. The molecule has 0 amide bonds. The van der Waals surface area contributed by atoms with Crippen molar-refractivity contribution in [1.82, 2.24) is 4.72 Å². The van der Waals surface area contributed by atoms with E-state index in [9.17, 15) is 8.42 Å². The molecule has 0 atom stereocenters. The van der Waals surface area contributed by atoms with Crippen LogP contribution in [0.1, 0.15) is 37.8 Å². The van der Waals surface area contributed by atoms with Gasteiger partial charge in [0.2, 0.25) is 10.0 Å². The van der Waals surface area contributed by atoms with Crippen LogP contribution in [0.15, 0.2) is 24.3 Å². The molecule has 0 aliphatic heterocycles. The zero-order chi connectivity index (χ0) is 14.1. The highest BCUT2D eigenvalue weighted by Gasteiger charge is 2.40. The van der Waals surface area contributed by atoms with E-state index < -0.39 is 10.0 Å². The van der Waals surface area contributed by atoms with E-state index in [0.29, 0.717) is 12.5 Å². The van der Waals surface area contributed by atoms with Gasteiger partial charge < -0.3 is 5.73 Å². The van der Waals surface area contributed by atoms with Crippen LogP contribution >= 0.6 is 0 Å². The van der Waals surface area contributed by atoms with Crippen molar-refractivity contribution in [1.29, 1.82) is 0 Å². The van der Waals surface area contributed by atoms with Crippen molar-refractivity contribution >= 4 is 10.0 Å². The Morgan fingerprint density at radius 3 is 2.37 bits per heavy atom. The van der Waals surface area contributed by atoms with Gasteiger partial charge in [-0.15, -0.1) is 0 Å². The Hall–Kier alpha value is -0.910. The second kappa shape index (κ2) is 5.23. The third-order valence-corrected chi connectivity index (χ3v) is 5.23. The SMILES string of the molecule is CC(C)(NS(=O)(=O)Cc1ccccc1CN)C1CC1. The number of hydrogen-bond acceptors (Lipinski definition) is 3. The van der Waals surface area contributed by atoms with Gasteiger partial charge in [0, 0.05) is 12.1 Å². The lowest BCUT2D eigenvalue weighted by Crippen LogP contribution is -2.45. The van der Waals surface area contributed by atoms with Gasteiger partial charge in [-0.25, -0.2) is 13.1 Å². The fraction of sp³-hybridized carbons (Fsp3) is 0.571.